The Labute approximate surface area is 137 Å². The van der Waals surface area contributed by atoms with Crippen molar-refractivity contribution in [3.63, 3.8) is 0 Å². The van der Waals surface area contributed by atoms with Crippen molar-refractivity contribution in [2.24, 2.45) is 11.3 Å². The number of para-hydroxylation sites is 1. The maximum atomic E-state index is 12.5. The second-order valence-electron chi connectivity index (χ2n) is 6.96. The normalized spacial score (nSPS) is 16.3. The van der Waals surface area contributed by atoms with E-state index >= 15 is 0 Å². The number of carbonyl (C=O) groups excluding carboxylic acids is 2. The lowest BCUT2D eigenvalue weighted by atomic mass is 9.90. The van der Waals surface area contributed by atoms with Gasteiger partial charge >= 0.3 is 0 Å². The number of thioether (sulfide) groups is 1. The van der Waals surface area contributed by atoms with Gasteiger partial charge in [0.1, 0.15) is 0 Å². The first-order chi connectivity index (χ1) is 10.4. The zero-order chi connectivity index (χ0) is 16.2. The molecule has 1 aromatic carbocycles. The minimum absolute atomic E-state index is 0.0364. The van der Waals surface area contributed by atoms with E-state index in [2.05, 4.69) is 5.32 Å². The summed E-state index contributed by atoms with van der Waals surface area (Å²) in [5.41, 5.74) is 0.280. The number of nitrogens with one attached hydrogen (secondary N) is 1. The molecule has 0 bridgehead atoms. The predicted molar refractivity (Wildman–Crippen MR) is 92.0 cm³/mol. The van der Waals surface area contributed by atoms with Gasteiger partial charge in [0, 0.05) is 16.2 Å². The Morgan fingerprint density at radius 1 is 1.09 bits per heavy atom. The molecule has 0 spiro atoms. The van der Waals surface area contributed by atoms with Gasteiger partial charge in [0.2, 0.25) is 5.91 Å². The van der Waals surface area contributed by atoms with Gasteiger partial charge in [0.05, 0.1) is 5.69 Å². The standard InChI is InChI=1S/C18H25NO2S/c1-18(2,3)17(21)19-14-11-7-8-12-15(14)22-16(20)13-9-5-4-6-10-13/h7-8,11-13H,4-6,9-10H2,1-3H3,(H,19,21). The summed E-state index contributed by atoms with van der Waals surface area (Å²) >= 11 is 1.28. The quantitative estimate of drug-likeness (QED) is 0.808. The van der Waals surface area contributed by atoms with Gasteiger partial charge in [0.15, 0.2) is 5.12 Å². The number of amides is 1. The highest BCUT2D eigenvalue weighted by Crippen LogP contribution is 2.35. The summed E-state index contributed by atoms with van der Waals surface area (Å²) in [4.78, 5) is 25.5. The zero-order valence-corrected chi connectivity index (χ0v) is 14.5. The van der Waals surface area contributed by atoms with Crippen LogP contribution in [0, 0.1) is 11.3 Å². The topological polar surface area (TPSA) is 46.2 Å². The molecule has 1 fully saturated rings. The van der Waals surface area contributed by atoms with Crippen molar-refractivity contribution in [1.29, 1.82) is 0 Å². The maximum absolute atomic E-state index is 12.5. The second kappa shape index (κ2) is 7.32. The first-order valence-corrected chi connectivity index (χ1v) is 8.82. The lowest BCUT2D eigenvalue weighted by Crippen LogP contribution is -2.27. The second-order valence-corrected chi connectivity index (χ2v) is 8.00. The van der Waals surface area contributed by atoms with Crippen molar-refractivity contribution in [3.8, 4) is 0 Å². The van der Waals surface area contributed by atoms with Crippen molar-refractivity contribution >= 4 is 28.5 Å². The molecule has 0 radical (unpaired) electrons. The van der Waals surface area contributed by atoms with Crippen LogP contribution in [-0.2, 0) is 9.59 Å². The average Bonchev–Trinajstić information content (AvgIpc) is 2.49. The van der Waals surface area contributed by atoms with Crippen molar-refractivity contribution < 1.29 is 9.59 Å². The molecule has 120 valence electrons. The smallest absolute Gasteiger partial charge is 0.229 e. The molecule has 0 atom stereocenters. The predicted octanol–water partition coefficient (Wildman–Crippen LogP) is 4.87. The van der Waals surface area contributed by atoms with Gasteiger partial charge in [0.25, 0.3) is 0 Å². The van der Waals surface area contributed by atoms with Crippen LogP contribution in [0.25, 0.3) is 0 Å². The van der Waals surface area contributed by atoms with E-state index in [4.69, 9.17) is 0 Å². The van der Waals surface area contributed by atoms with Gasteiger partial charge in [-0.2, -0.15) is 0 Å². The average molecular weight is 319 g/mol. The Bertz CT molecular complexity index is 542. The van der Waals surface area contributed by atoms with Gasteiger partial charge in [-0.1, -0.05) is 52.2 Å². The molecular formula is C18H25NO2S. The molecule has 1 N–H and O–H groups in total. The van der Waals surface area contributed by atoms with Crippen LogP contribution in [0.5, 0.6) is 0 Å². The van der Waals surface area contributed by atoms with Crippen molar-refractivity contribution in [2.75, 3.05) is 5.32 Å². The fourth-order valence-corrected chi connectivity index (χ4v) is 3.49. The molecule has 1 aliphatic carbocycles. The third-order valence-electron chi connectivity index (χ3n) is 3.97. The zero-order valence-electron chi connectivity index (χ0n) is 13.6. The summed E-state index contributed by atoms with van der Waals surface area (Å²) in [5, 5.41) is 3.18. The van der Waals surface area contributed by atoms with E-state index in [1.807, 2.05) is 45.0 Å². The van der Waals surface area contributed by atoms with E-state index in [1.54, 1.807) is 0 Å². The van der Waals surface area contributed by atoms with Crippen LogP contribution in [0.2, 0.25) is 0 Å². The molecule has 1 amide bonds. The van der Waals surface area contributed by atoms with Crippen LogP contribution in [0.3, 0.4) is 0 Å². The lowest BCUT2D eigenvalue weighted by molar-refractivity contribution is -0.123. The van der Waals surface area contributed by atoms with Gasteiger partial charge in [-0.15, -0.1) is 0 Å². The number of hydrogen-bond acceptors (Lipinski definition) is 3. The fourth-order valence-electron chi connectivity index (χ4n) is 2.50. The minimum atomic E-state index is -0.453. The molecule has 1 aromatic rings. The lowest BCUT2D eigenvalue weighted by Gasteiger charge is -2.21. The fraction of sp³-hybridized carbons (Fsp3) is 0.556. The molecule has 2 rings (SSSR count). The molecule has 4 heteroatoms. The summed E-state index contributed by atoms with van der Waals surface area (Å²) in [5.74, 6) is 0.135. The Morgan fingerprint density at radius 2 is 1.73 bits per heavy atom. The van der Waals surface area contributed by atoms with Crippen LogP contribution >= 0.6 is 11.8 Å². The highest BCUT2D eigenvalue weighted by atomic mass is 32.2. The summed E-state index contributed by atoms with van der Waals surface area (Å²) in [6, 6.07) is 7.56. The number of carbonyl (C=O) groups is 2. The maximum Gasteiger partial charge on any atom is 0.229 e. The molecule has 0 heterocycles. The van der Waals surface area contributed by atoms with Gasteiger partial charge < -0.3 is 5.32 Å². The molecule has 0 unspecified atom stereocenters. The summed E-state index contributed by atoms with van der Waals surface area (Å²) < 4.78 is 0. The van der Waals surface area contributed by atoms with E-state index in [0.717, 1.165) is 36.3 Å². The van der Waals surface area contributed by atoms with Gasteiger partial charge in [-0.05, 0) is 36.7 Å². The molecule has 0 aromatic heterocycles. The molecule has 0 saturated heterocycles. The number of benzene rings is 1. The Kier molecular flexibility index (Phi) is 5.68. The number of anilines is 1. The largest absolute Gasteiger partial charge is 0.325 e. The van der Waals surface area contributed by atoms with Crippen molar-refractivity contribution in [1.82, 2.24) is 0 Å². The molecular weight excluding hydrogens is 294 g/mol. The van der Waals surface area contributed by atoms with Crippen LogP contribution in [0.1, 0.15) is 52.9 Å². The number of rotatable bonds is 3. The van der Waals surface area contributed by atoms with Crippen molar-refractivity contribution in [3.05, 3.63) is 24.3 Å². The summed E-state index contributed by atoms with van der Waals surface area (Å²) in [6.07, 6.45) is 5.55. The molecule has 3 nitrogen and oxygen atoms in total. The van der Waals surface area contributed by atoms with Crippen molar-refractivity contribution in [2.45, 2.75) is 57.8 Å². The minimum Gasteiger partial charge on any atom is -0.325 e. The summed E-state index contributed by atoms with van der Waals surface area (Å²) in [6.45, 7) is 5.64. The molecule has 22 heavy (non-hydrogen) atoms. The van der Waals surface area contributed by atoms with Crippen LogP contribution in [0.4, 0.5) is 5.69 Å². The third-order valence-corrected chi connectivity index (χ3v) is 5.08. The van der Waals surface area contributed by atoms with Crippen LogP contribution < -0.4 is 5.32 Å². The monoisotopic (exact) mass is 319 g/mol. The van der Waals surface area contributed by atoms with Crippen LogP contribution in [0.15, 0.2) is 29.2 Å². The van der Waals surface area contributed by atoms with E-state index in [-0.39, 0.29) is 16.9 Å². The SMILES string of the molecule is CC(C)(C)C(=O)Nc1ccccc1SC(=O)C1CCCCC1. The number of hydrogen-bond donors (Lipinski definition) is 1. The van der Waals surface area contributed by atoms with E-state index in [1.165, 1.54) is 18.2 Å². The first-order valence-electron chi connectivity index (χ1n) is 8.00. The highest BCUT2D eigenvalue weighted by Gasteiger charge is 2.25. The first kappa shape index (κ1) is 17.1. The van der Waals surface area contributed by atoms with E-state index in [0.29, 0.717) is 0 Å². The van der Waals surface area contributed by atoms with Gasteiger partial charge in [-0.3, -0.25) is 9.59 Å². The Hall–Kier alpha value is -1.29. The highest BCUT2D eigenvalue weighted by molar-refractivity contribution is 8.13. The molecule has 0 aliphatic heterocycles. The third kappa shape index (κ3) is 4.60. The Morgan fingerprint density at radius 3 is 2.36 bits per heavy atom. The van der Waals surface area contributed by atoms with E-state index < -0.39 is 5.41 Å². The van der Waals surface area contributed by atoms with E-state index in [9.17, 15) is 9.59 Å². The molecule has 1 aliphatic rings. The summed E-state index contributed by atoms with van der Waals surface area (Å²) in [7, 11) is 0. The van der Waals surface area contributed by atoms with Crippen LogP contribution in [-0.4, -0.2) is 11.0 Å². The molecule has 1 saturated carbocycles. The van der Waals surface area contributed by atoms with Gasteiger partial charge in [-0.25, -0.2) is 0 Å². The Balaban J connectivity index is 2.07.